The van der Waals surface area contributed by atoms with Gasteiger partial charge in [0, 0.05) is 0 Å². The summed E-state index contributed by atoms with van der Waals surface area (Å²) >= 11 is 1.50. The zero-order valence-corrected chi connectivity index (χ0v) is 10.9. The van der Waals surface area contributed by atoms with Crippen LogP contribution in [0.3, 0.4) is 0 Å². The predicted molar refractivity (Wildman–Crippen MR) is 67.9 cm³/mol. The van der Waals surface area contributed by atoms with Gasteiger partial charge in [0.25, 0.3) is 0 Å². The van der Waals surface area contributed by atoms with E-state index in [1.54, 1.807) is 4.57 Å². The topological polar surface area (TPSA) is 70.2 Å². The molecule has 0 radical (unpaired) electrons. The Kier molecular flexibility index (Phi) is 3.61. The minimum atomic E-state index is -0.435. The maximum Gasteiger partial charge on any atom is 0.342 e. The number of hydrogen-bond acceptors (Lipinski definition) is 5. The third-order valence-corrected chi connectivity index (χ3v) is 3.43. The summed E-state index contributed by atoms with van der Waals surface area (Å²) < 4.78 is 7.10. The molecule has 0 aliphatic rings. The summed E-state index contributed by atoms with van der Waals surface area (Å²) in [6.45, 7) is 4.56. The number of aryl methyl sites for hydroxylation is 1. The summed E-state index contributed by atoms with van der Waals surface area (Å²) in [6, 6.07) is 1.93. The highest BCUT2D eigenvalue weighted by Gasteiger charge is 2.19. The molecule has 96 valence electrons. The normalized spacial score (nSPS) is 10.6. The van der Waals surface area contributed by atoms with Gasteiger partial charge in [0.05, 0.1) is 6.54 Å². The first-order valence-electron chi connectivity index (χ1n) is 5.48. The van der Waals surface area contributed by atoms with E-state index in [4.69, 9.17) is 4.74 Å². The van der Waals surface area contributed by atoms with Gasteiger partial charge < -0.3 is 14.9 Å². The van der Waals surface area contributed by atoms with Gasteiger partial charge in [-0.3, -0.25) is 0 Å². The molecule has 0 saturated carbocycles. The van der Waals surface area contributed by atoms with E-state index in [9.17, 15) is 10.1 Å². The lowest BCUT2D eigenvalue weighted by Crippen LogP contribution is -2.08. The van der Waals surface area contributed by atoms with Crippen molar-refractivity contribution in [3.05, 3.63) is 39.1 Å². The zero-order valence-electron chi connectivity index (χ0n) is 10.1. The lowest BCUT2D eigenvalue weighted by Gasteiger charge is -2.03. The molecule has 0 bridgehead atoms. The summed E-state index contributed by atoms with van der Waals surface area (Å²) in [5.74, 6) is 0.564. The van der Waals surface area contributed by atoms with Crippen LogP contribution >= 0.6 is 11.3 Å². The van der Waals surface area contributed by atoms with Crippen molar-refractivity contribution >= 4 is 17.2 Å². The second-order valence-electron chi connectivity index (χ2n) is 3.77. The van der Waals surface area contributed by atoms with Crippen molar-refractivity contribution in [3.8, 4) is 5.06 Å². The summed E-state index contributed by atoms with van der Waals surface area (Å²) in [5, 5.41) is 13.6. The molecule has 0 amide bonds. The molecular formula is C11H13N3O3S. The summed E-state index contributed by atoms with van der Waals surface area (Å²) in [6.07, 6.45) is 1.27. The molecular weight excluding hydrogens is 254 g/mol. The van der Waals surface area contributed by atoms with Gasteiger partial charge in [-0.2, -0.15) is 0 Å². The van der Waals surface area contributed by atoms with Crippen LogP contribution in [0.5, 0.6) is 5.06 Å². The number of aromatic nitrogens is 2. The van der Waals surface area contributed by atoms with Gasteiger partial charge in [-0.05, 0) is 35.8 Å². The molecule has 0 spiro atoms. The van der Waals surface area contributed by atoms with Crippen molar-refractivity contribution in [2.75, 3.05) is 0 Å². The standard InChI is InChI=1S/C11H13N3O3S/c1-3-13-9(12-5-10(13)14(15)16)6-17-11-4-8(2)7-18-11/h4-5,7H,3,6H2,1-2H3. The molecule has 7 heteroatoms. The van der Waals surface area contributed by atoms with Gasteiger partial charge in [0.1, 0.15) is 6.20 Å². The first-order valence-corrected chi connectivity index (χ1v) is 6.36. The summed E-state index contributed by atoms with van der Waals surface area (Å²) in [5.41, 5.74) is 1.14. The number of thiophene rings is 1. The van der Waals surface area contributed by atoms with Crippen LogP contribution in [0.4, 0.5) is 5.82 Å². The van der Waals surface area contributed by atoms with Crippen LogP contribution in [0.2, 0.25) is 0 Å². The Morgan fingerprint density at radius 3 is 2.94 bits per heavy atom. The Hall–Kier alpha value is -1.89. The SMILES string of the molecule is CCn1c([N+](=O)[O-])cnc1COc1cc(C)cs1. The zero-order chi connectivity index (χ0) is 13.1. The Labute approximate surface area is 108 Å². The van der Waals surface area contributed by atoms with E-state index in [1.165, 1.54) is 17.5 Å². The average Bonchev–Trinajstić information content (AvgIpc) is 2.91. The third kappa shape index (κ3) is 2.51. The number of rotatable bonds is 5. The molecule has 2 rings (SSSR count). The molecule has 18 heavy (non-hydrogen) atoms. The highest BCUT2D eigenvalue weighted by Crippen LogP contribution is 2.23. The predicted octanol–water partition coefficient (Wildman–Crippen LogP) is 2.76. The van der Waals surface area contributed by atoms with Crippen molar-refractivity contribution in [3.63, 3.8) is 0 Å². The Morgan fingerprint density at radius 1 is 1.61 bits per heavy atom. The van der Waals surface area contributed by atoms with Crippen molar-refractivity contribution in [2.24, 2.45) is 0 Å². The molecule has 0 aromatic carbocycles. The Balaban J connectivity index is 2.12. The van der Waals surface area contributed by atoms with Crippen LogP contribution in [0.1, 0.15) is 18.3 Å². The number of nitro groups is 1. The molecule has 6 nitrogen and oxygen atoms in total. The fourth-order valence-electron chi connectivity index (χ4n) is 1.63. The van der Waals surface area contributed by atoms with E-state index in [-0.39, 0.29) is 12.4 Å². The van der Waals surface area contributed by atoms with E-state index in [0.717, 1.165) is 10.6 Å². The van der Waals surface area contributed by atoms with Crippen LogP contribution < -0.4 is 4.74 Å². The van der Waals surface area contributed by atoms with Gasteiger partial charge in [0.15, 0.2) is 11.7 Å². The molecule has 0 atom stereocenters. The van der Waals surface area contributed by atoms with Gasteiger partial charge >= 0.3 is 5.82 Å². The van der Waals surface area contributed by atoms with Crippen LogP contribution in [0, 0.1) is 17.0 Å². The van der Waals surface area contributed by atoms with E-state index in [2.05, 4.69) is 4.98 Å². The van der Waals surface area contributed by atoms with Crippen molar-refractivity contribution in [1.29, 1.82) is 0 Å². The first-order chi connectivity index (χ1) is 8.61. The van der Waals surface area contributed by atoms with Gasteiger partial charge in [0.2, 0.25) is 5.82 Å². The van der Waals surface area contributed by atoms with Gasteiger partial charge in [-0.25, -0.2) is 9.55 Å². The van der Waals surface area contributed by atoms with E-state index in [1.807, 2.05) is 25.3 Å². The minimum absolute atomic E-state index is 0.00143. The van der Waals surface area contributed by atoms with Gasteiger partial charge in [-0.1, -0.05) is 0 Å². The van der Waals surface area contributed by atoms with Crippen LogP contribution in [-0.4, -0.2) is 14.5 Å². The fraction of sp³-hybridized carbons (Fsp3) is 0.364. The van der Waals surface area contributed by atoms with Crippen molar-refractivity contribution < 1.29 is 9.66 Å². The molecule has 0 aliphatic heterocycles. The number of imidazole rings is 1. The summed E-state index contributed by atoms with van der Waals surface area (Å²) in [4.78, 5) is 14.4. The number of nitrogens with zero attached hydrogens (tertiary/aromatic N) is 3. The second-order valence-corrected chi connectivity index (χ2v) is 4.64. The van der Waals surface area contributed by atoms with Crippen molar-refractivity contribution in [1.82, 2.24) is 9.55 Å². The van der Waals surface area contributed by atoms with Crippen LogP contribution in [-0.2, 0) is 13.2 Å². The van der Waals surface area contributed by atoms with E-state index in [0.29, 0.717) is 12.4 Å². The fourth-order valence-corrected chi connectivity index (χ4v) is 2.38. The van der Waals surface area contributed by atoms with Crippen molar-refractivity contribution in [2.45, 2.75) is 27.0 Å². The molecule has 2 heterocycles. The third-order valence-electron chi connectivity index (χ3n) is 2.47. The van der Waals surface area contributed by atoms with Gasteiger partial charge in [-0.15, -0.1) is 11.3 Å². The maximum atomic E-state index is 10.8. The number of ether oxygens (including phenoxy) is 1. The quantitative estimate of drug-likeness (QED) is 0.617. The first kappa shape index (κ1) is 12.6. The Morgan fingerprint density at radius 2 is 2.39 bits per heavy atom. The maximum absolute atomic E-state index is 10.8. The lowest BCUT2D eigenvalue weighted by atomic mass is 10.4. The van der Waals surface area contributed by atoms with Crippen LogP contribution in [0.25, 0.3) is 0 Å². The molecule has 0 saturated heterocycles. The number of hydrogen-bond donors (Lipinski definition) is 0. The molecule has 2 aromatic heterocycles. The molecule has 0 fully saturated rings. The monoisotopic (exact) mass is 267 g/mol. The molecule has 0 unspecified atom stereocenters. The second kappa shape index (κ2) is 5.18. The largest absolute Gasteiger partial charge is 0.474 e. The molecule has 0 aliphatic carbocycles. The van der Waals surface area contributed by atoms with E-state index < -0.39 is 4.92 Å². The smallest absolute Gasteiger partial charge is 0.342 e. The highest BCUT2D eigenvalue weighted by molar-refractivity contribution is 7.11. The molecule has 0 N–H and O–H groups in total. The average molecular weight is 267 g/mol. The lowest BCUT2D eigenvalue weighted by molar-refractivity contribution is -0.392. The molecule has 2 aromatic rings. The van der Waals surface area contributed by atoms with Crippen LogP contribution in [0.15, 0.2) is 17.6 Å². The minimum Gasteiger partial charge on any atom is -0.474 e. The Bertz CT molecular complexity index is 562. The summed E-state index contributed by atoms with van der Waals surface area (Å²) in [7, 11) is 0. The van der Waals surface area contributed by atoms with E-state index >= 15 is 0 Å². The highest BCUT2D eigenvalue weighted by atomic mass is 32.1.